The van der Waals surface area contributed by atoms with Gasteiger partial charge in [0, 0.05) is 42.0 Å². The molecule has 1 saturated heterocycles. The number of rotatable bonds is 7. The van der Waals surface area contributed by atoms with Gasteiger partial charge in [0.1, 0.15) is 12.4 Å². The Morgan fingerprint density at radius 2 is 1.78 bits per heavy atom. The quantitative estimate of drug-likeness (QED) is 0.379. The van der Waals surface area contributed by atoms with Gasteiger partial charge in [-0.2, -0.15) is 0 Å². The van der Waals surface area contributed by atoms with E-state index in [0.717, 1.165) is 34.0 Å². The lowest BCUT2D eigenvalue weighted by molar-refractivity contribution is -0.151. The summed E-state index contributed by atoms with van der Waals surface area (Å²) in [5.74, 6) is 1.26. The molecule has 0 spiro atoms. The van der Waals surface area contributed by atoms with Crippen LogP contribution in [0.2, 0.25) is 0 Å². The summed E-state index contributed by atoms with van der Waals surface area (Å²) in [5.41, 5.74) is 6.88. The minimum Gasteiger partial charge on any atom is -0.488 e. The maximum absolute atomic E-state index is 13.2. The third-order valence-corrected chi connectivity index (χ3v) is 7.56. The Hall–Kier alpha value is -3.54. The van der Waals surface area contributed by atoms with Crippen LogP contribution in [0.3, 0.4) is 0 Å². The van der Waals surface area contributed by atoms with Gasteiger partial charge in [-0.05, 0) is 68.0 Å². The minimum atomic E-state index is -0.135. The van der Waals surface area contributed by atoms with Gasteiger partial charge in [0.2, 0.25) is 5.91 Å². The van der Waals surface area contributed by atoms with Crippen LogP contribution in [0, 0.1) is 5.92 Å². The van der Waals surface area contributed by atoms with E-state index in [2.05, 4.69) is 54.8 Å². The van der Waals surface area contributed by atoms with Crippen LogP contribution in [0.5, 0.6) is 5.75 Å². The first-order valence-corrected chi connectivity index (χ1v) is 13.5. The van der Waals surface area contributed by atoms with E-state index in [9.17, 15) is 9.59 Å². The predicted octanol–water partition coefficient (Wildman–Crippen LogP) is 5.89. The van der Waals surface area contributed by atoms with Crippen LogP contribution in [0.1, 0.15) is 62.8 Å². The van der Waals surface area contributed by atoms with Crippen molar-refractivity contribution >= 4 is 11.9 Å². The molecule has 0 saturated carbocycles. The molecule has 6 nitrogen and oxygen atoms in total. The minimum absolute atomic E-state index is 0.0955. The van der Waals surface area contributed by atoms with Gasteiger partial charge in [0.05, 0.1) is 18.2 Å². The molecule has 0 unspecified atom stereocenters. The Morgan fingerprint density at radius 1 is 1.05 bits per heavy atom. The maximum Gasteiger partial charge on any atom is 0.309 e. The highest BCUT2D eigenvalue weighted by molar-refractivity contribution is 5.78. The molecule has 6 heteroatoms. The Labute approximate surface area is 219 Å². The second-order valence-electron chi connectivity index (χ2n) is 10.3. The van der Waals surface area contributed by atoms with Crippen molar-refractivity contribution in [3.05, 3.63) is 71.4 Å². The average molecular weight is 501 g/mol. The SMILES string of the molecule is CCOC(=O)C1CCN(C(=O)CCc2cc3c(n2-c2ccc(C(C)C)cc2)-c2ccccc2OC3)CC1. The fourth-order valence-electron chi connectivity index (χ4n) is 5.47. The number of para-hydroxylation sites is 1. The summed E-state index contributed by atoms with van der Waals surface area (Å²) in [7, 11) is 0. The molecule has 1 fully saturated rings. The zero-order chi connectivity index (χ0) is 25.9. The van der Waals surface area contributed by atoms with E-state index in [1.165, 1.54) is 5.56 Å². The number of ether oxygens (including phenoxy) is 2. The van der Waals surface area contributed by atoms with Gasteiger partial charge in [-0.25, -0.2) is 0 Å². The summed E-state index contributed by atoms with van der Waals surface area (Å²) in [4.78, 5) is 27.1. The standard InChI is InChI=1S/C31H36N2O4/c1-4-36-31(35)23-15-17-32(18-16-23)29(34)14-13-26-19-24-20-37-28-8-6-5-7-27(28)30(24)33(26)25-11-9-22(10-12-25)21(2)3/h5-12,19,21,23H,4,13-18,20H2,1-3H3. The first-order valence-electron chi connectivity index (χ1n) is 13.5. The number of aromatic nitrogens is 1. The molecular weight excluding hydrogens is 464 g/mol. The summed E-state index contributed by atoms with van der Waals surface area (Å²) in [6, 6.07) is 19.1. The molecule has 0 aliphatic carbocycles. The lowest BCUT2D eigenvalue weighted by atomic mass is 9.96. The Morgan fingerprint density at radius 3 is 2.49 bits per heavy atom. The summed E-state index contributed by atoms with van der Waals surface area (Å²) in [6.07, 6.45) is 2.41. The van der Waals surface area contributed by atoms with Crippen LogP contribution in [-0.4, -0.2) is 41.0 Å². The number of aryl methyl sites for hydroxylation is 1. The molecule has 0 bridgehead atoms. The van der Waals surface area contributed by atoms with Crippen molar-refractivity contribution in [2.24, 2.45) is 5.92 Å². The number of carbonyl (C=O) groups excluding carboxylic acids is 2. The number of hydrogen-bond acceptors (Lipinski definition) is 4. The van der Waals surface area contributed by atoms with Crippen LogP contribution >= 0.6 is 0 Å². The predicted molar refractivity (Wildman–Crippen MR) is 144 cm³/mol. The molecule has 2 aliphatic heterocycles. The highest BCUT2D eigenvalue weighted by atomic mass is 16.5. The monoisotopic (exact) mass is 500 g/mol. The smallest absolute Gasteiger partial charge is 0.309 e. The highest BCUT2D eigenvalue weighted by Gasteiger charge is 2.29. The number of nitrogens with zero attached hydrogens (tertiary/aromatic N) is 2. The number of likely N-dealkylation sites (tertiary alicyclic amines) is 1. The van der Waals surface area contributed by atoms with Gasteiger partial charge in [0.25, 0.3) is 0 Å². The summed E-state index contributed by atoms with van der Waals surface area (Å²) >= 11 is 0. The van der Waals surface area contributed by atoms with E-state index in [1.54, 1.807) is 0 Å². The first kappa shape index (κ1) is 25.1. The van der Waals surface area contributed by atoms with Crippen LogP contribution in [0.4, 0.5) is 0 Å². The molecule has 5 rings (SSSR count). The van der Waals surface area contributed by atoms with Gasteiger partial charge >= 0.3 is 5.97 Å². The normalized spacial score (nSPS) is 15.2. The van der Waals surface area contributed by atoms with Gasteiger partial charge in [-0.15, -0.1) is 0 Å². The number of amides is 1. The van der Waals surface area contributed by atoms with Crippen molar-refractivity contribution in [3.63, 3.8) is 0 Å². The van der Waals surface area contributed by atoms with Crippen molar-refractivity contribution in [1.29, 1.82) is 0 Å². The van der Waals surface area contributed by atoms with Crippen molar-refractivity contribution < 1.29 is 19.1 Å². The molecule has 1 amide bonds. The number of piperidine rings is 1. The van der Waals surface area contributed by atoms with E-state index in [1.807, 2.05) is 30.0 Å². The van der Waals surface area contributed by atoms with Gasteiger partial charge in [-0.1, -0.05) is 38.1 Å². The molecule has 2 aliphatic rings. The molecule has 1 aromatic heterocycles. The van der Waals surface area contributed by atoms with Crippen LogP contribution in [-0.2, 0) is 27.4 Å². The molecule has 0 radical (unpaired) electrons. The van der Waals surface area contributed by atoms with E-state index in [4.69, 9.17) is 9.47 Å². The van der Waals surface area contributed by atoms with Crippen molar-refractivity contribution in [1.82, 2.24) is 9.47 Å². The zero-order valence-corrected chi connectivity index (χ0v) is 22.0. The van der Waals surface area contributed by atoms with Crippen LogP contribution < -0.4 is 4.74 Å². The molecular formula is C31H36N2O4. The Balaban J connectivity index is 1.38. The highest BCUT2D eigenvalue weighted by Crippen LogP contribution is 2.41. The number of fused-ring (bicyclic) bond motifs is 3. The topological polar surface area (TPSA) is 60.8 Å². The second kappa shape index (κ2) is 10.8. The number of carbonyl (C=O) groups is 2. The lowest BCUT2D eigenvalue weighted by Gasteiger charge is -2.31. The molecule has 3 aromatic rings. The molecule has 37 heavy (non-hydrogen) atoms. The summed E-state index contributed by atoms with van der Waals surface area (Å²) < 4.78 is 13.5. The van der Waals surface area contributed by atoms with Gasteiger partial charge < -0.3 is 18.9 Å². The molecule has 3 heterocycles. The lowest BCUT2D eigenvalue weighted by Crippen LogP contribution is -2.40. The molecule has 194 valence electrons. The van der Waals surface area contributed by atoms with E-state index in [0.29, 0.717) is 57.9 Å². The average Bonchev–Trinajstić information content (AvgIpc) is 3.31. The second-order valence-corrected chi connectivity index (χ2v) is 10.3. The fraction of sp³-hybridized carbons (Fsp3) is 0.419. The van der Waals surface area contributed by atoms with E-state index < -0.39 is 0 Å². The molecule has 0 N–H and O–H groups in total. The zero-order valence-electron chi connectivity index (χ0n) is 22.0. The van der Waals surface area contributed by atoms with Crippen LogP contribution in [0.25, 0.3) is 16.9 Å². The number of benzene rings is 2. The number of hydrogen-bond donors (Lipinski definition) is 0. The Bertz CT molecular complexity index is 1270. The largest absolute Gasteiger partial charge is 0.488 e. The summed E-state index contributed by atoms with van der Waals surface area (Å²) in [6.45, 7) is 8.37. The van der Waals surface area contributed by atoms with Crippen molar-refractivity contribution in [3.8, 4) is 22.7 Å². The third kappa shape index (κ3) is 5.15. The maximum atomic E-state index is 13.2. The van der Waals surface area contributed by atoms with E-state index >= 15 is 0 Å². The van der Waals surface area contributed by atoms with Gasteiger partial charge in [-0.3, -0.25) is 9.59 Å². The summed E-state index contributed by atoms with van der Waals surface area (Å²) in [5, 5.41) is 0. The third-order valence-electron chi connectivity index (χ3n) is 7.56. The number of esters is 1. The Kier molecular flexibility index (Phi) is 7.36. The van der Waals surface area contributed by atoms with E-state index in [-0.39, 0.29) is 17.8 Å². The van der Waals surface area contributed by atoms with Crippen molar-refractivity contribution in [2.75, 3.05) is 19.7 Å². The first-order chi connectivity index (χ1) is 18.0. The van der Waals surface area contributed by atoms with Crippen LogP contribution in [0.15, 0.2) is 54.6 Å². The molecule has 2 aromatic carbocycles. The molecule has 0 atom stereocenters. The fourth-order valence-corrected chi connectivity index (χ4v) is 5.47. The van der Waals surface area contributed by atoms with Crippen molar-refractivity contribution in [2.45, 2.75) is 59.0 Å². The van der Waals surface area contributed by atoms with Gasteiger partial charge in [0.15, 0.2) is 0 Å².